The molecular weight excluding hydrogens is 360 g/mol. The van der Waals surface area contributed by atoms with Gasteiger partial charge >= 0.3 is 0 Å². The van der Waals surface area contributed by atoms with Crippen LogP contribution in [0.4, 0.5) is 0 Å². The van der Waals surface area contributed by atoms with E-state index in [9.17, 15) is 0 Å². The molecule has 0 radical (unpaired) electrons. The molecule has 126 valence electrons. The summed E-state index contributed by atoms with van der Waals surface area (Å²) in [5, 5.41) is 2.69. The maximum absolute atomic E-state index is 3.57. The van der Waals surface area contributed by atoms with Crippen molar-refractivity contribution < 1.29 is 10.2 Å². The molecule has 0 aromatic heterocycles. The third kappa shape index (κ3) is 3.74. The summed E-state index contributed by atoms with van der Waals surface area (Å²) in [6, 6.07) is 21.2. The molecule has 0 aliphatic carbocycles. The smallest absolute Gasteiger partial charge is 0.139 e. The van der Waals surface area contributed by atoms with Crippen LogP contribution in [0.15, 0.2) is 59.1 Å². The lowest BCUT2D eigenvalue weighted by atomic mass is 9.83. The maximum atomic E-state index is 3.57. The van der Waals surface area contributed by atoms with Crippen molar-refractivity contribution in [3.8, 4) is 0 Å². The molecule has 0 saturated carbocycles. The topological polar surface area (TPSA) is 21.1 Å². The lowest BCUT2D eigenvalue weighted by molar-refractivity contribution is -0.945. The highest BCUT2D eigenvalue weighted by Gasteiger charge is 2.41. The van der Waals surface area contributed by atoms with Gasteiger partial charge in [0.25, 0.3) is 0 Å². The number of fused-ring (bicyclic) bond motifs is 3. The first-order valence-corrected chi connectivity index (χ1v) is 10.0. The van der Waals surface area contributed by atoms with E-state index < -0.39 is 0 Å². The zero-order chi connectivity index (χ0) is 16.4. The number of piperidine rings is 3. The molecule has 24 heavy (non-hydrogen) atoms. The van der Waals surface area contributed by atoms with E-state index in [4.69, 9.17) is 0 Å². The van der Waals surface area contributed by atoms with Crippen LogP contribution in [0.25, 0.3) is 0 Å². The summed E-state index contributed by atoms with van der Waals surface area (Å²) in [7, 11) is 0. The van der Waals surface area contributed by atoms with Gasteiger partial charge in [-0.05, 0) is 17.7 Å². The first-order valence-electron chi connectivity index (χ1n) is 9.26. The minimum atomic E-state index is 0.519. The van der Waals surface area contributed by atoms with Crippen LogP contribution < -0.4 is 10.2 Å². The van der Waals surface area contributed by atoms with Gasteiger partial charge in [0, 0.05) is 35.2 Å². The van der Waals surface area contributed by atoms with E-state index in [1.165, 1.54) is 43.6 Å². The van der Waals surface area contributed by atoms with Crippen LogP contribution in [0.1, 0.15) is 30.0 Å². The molecule has 3 heterocycles. The second kappa shape index (κ2) is 7.38. The molecule has 2 bridgehead atoms. The highest BCUT2D eigenvalue weighted by atomic mass is 79.9. The Labute approximate surface area is 153 Å². The van der Waals surface area contributed by atoms with Gasteiger partial charge in [-0.2, -0.15) is 0 Å². The van der Waals surface area contributed by atoms with Crippen molar-refractivity contribution in [1.29, 1.82) is 0 Å². The summed E-state index contributed by atoms with van der Waals surface area (Å²) in [5.74, 6) is 0.927. The molecule has 3 aliphatic heterocycles. The van der Waals surface area contributed by atoms with Crippen LogP contribution in [0.2, 0.25) is 0 Å². The number of quaternary nitrogens is 2. The molecule has 2 aromatic rings. The first kappa shape index (κ1) is 16.3. The van der Waals surface area contributed by atoms with Gasteiger partial charge in [-0.25, -0.2) is 0 Å². The molecule has 2 nitrogen and oxygen atoms in total. The van der Waals surface area contributed by atoms with Crippen molar-refractivity contribution in [2.24, 2.45) is 5.92 Å². The minimum absolute atomic E-state index is 0.519. The van der Waals surface area contributed by atoms with Gasteiger partial charge in [-0.3, -0.25) is 0 Å². The molecule has 3 N–H and O–H groups in total. The monoisotopic (exact) mass is 386 g/mol. The number of hydrogen-bond acceptors (Lipinski definition) is 0. The summed E-state index contributed by atoms with van der Waals surface area (Å²) < 4.78 is 1.16. The average molecular weight is 387 g/mol. The number of nitrogens with two attached hydrogens (primary N) is 1. The van der Waals surface area contributed by atoms with Crippen LogP contribution in [-0.4, -0.2) is 25.7 Å². The van der Waals surface area contributed by atoms with Gasteiger partial charge in [0.1, 0.15) is 18.6 Å². The fourth-order valence-electron chi connectivity index (χ4n) is 4.58. The molecule has 5 rings (SSSR count). The Kier molecular flexibility index (Phi) is 5.02. The Morgan fingerprint density at radius 1 is 1.00 bits per heavy atom. The largest absolute Gasteiger partial charge is 0.332 e. The highest BCUT2D eigenvalue weighted by molar-refractivity contribution is 9.10. The van der Waals surface area contributed by atoms with Crippen molar-refractivity contribution in [3.63, 3.8) is 0 Å². The Hall–Kier alpha value is -1.16. The Bertz CT molecular complexity index is 647. The van der Waals surface area contributed by atoms with E-state index in [1.807, 2.05) is 4.90 Å². The molecule has 2 unspecified atom stereocenters. The van der Waals surface area contributed by atoms with Crippen molar-refractivity contribution in [2.45, 2.75) is 31.3 Å². The molecule has 3 heteroatoms. The van der Waals surface area contributed by atoms with Gasteiger partial charge in [0.05, 0.1) is 13.1 Å². The summed E-state index contributed by atoms with van der Waals surface area (Å²) in [6.07, 6.45) is 3.96. The second-order valence-electron chi connectivity index (χ2n) is 7.50. The second-order valence-corrected chi connectivity index (χ2v) is 8.41. The lowest BCUT2D eigenvalue weighted by Crippen LogP contribution is -3.20. The summed E-state index contributed by atoms with van der Waals surface area (Å²) in [4.78, 5) is 1.83. The number of benzene rings is 2. The number of hydrogen-bond donors (Lipinski definition) is 2. The van der Waals surface area contributed by atoms with E-state index in [0.29, 0.717) is 6.04 Å². The predicted octanol–water partition coefficient (Wildman–Crippen LogP) is 1.97. The van der Waals surface area contributed by atoms with Gasteiger partial charge in [0.2, 0.25) is 0 Å². The van der Waals surface area contributed by atoms with Gasteiger partial charge in [-0.15, -0.1) is 0 Å². The Morgan fingerprint density at radius 2 is 1.71 bits per heavy atom. The van der Waals surface area contributed by atoms with Crippen molar-refractivity contribution in [3.05, 3.63) is 70.2 Å². The van der Waals surface area contributed by atoms with Gasteiger partial charge < -0.3 is 10.2 Å². The molecule has 3 saturated heterocycles. The third-order valence-corrected chi connectivity index (χ3v) is 6.47. The molecule has 3 fully saturated rings. The first-order chi connectivity index (χ1) is 11.8. The molecule has 2 aromatic carbocycles. The van der Waals surface area contributed by atoms with Crippen LogP contribution in [0.3, 0.4) is 0 Å². The zero-order valence-electron chi connectivity index (χ0n) is 14.1. The summed E-state index contributed by atoms with van der Waals surface area (Å²) >= 11 is 3.57. The summed E-state index contributed by atoms with van der Waals surface area (Å²) in [6.45, 7) is 4.15. The molecular formula is C21H27BrN2+2. The molecule has 0 amide bonds. The van der Waals surface area contributed by atoms with Gasteiger partial charge in [0.15, 0.2) is 0 Å². The zero-order valence-corrected chi connectivity index (χ0v) is 15.7. The molecule has 3 aliphatic rings. The standard InChI is InChI=1S/C21H25BrN2/c22-19-8-6-17(7-9-19)20(14-16-4-2-1-3-5-16)23-21-15-24-12-10-18(21)11-13-24/h1-9,18,20-21,23H,10-15H2/p+2. The van der Waals surface area contributed by atoms with Crippen LogP contribution in [-0.2, 0) is 6.42 Å². The van der Waals surface area contributed by atoms with E-state index in [0.717, 1.165) is 22.9 Å². The van der Waals surface area contributed by atoms with E-state index in [-0.39, 0.29) is 0 Å². The number of rotatable bonds is 5. The van der Waals surface area contributed by atoms with Crippen molar-refractivity contribution >= 4 is 15.9 Å². The third-order valence-electron chi connectivity index (χ3n) is 5.94. The van der Waals surface area contributed by atoms with E-state index in [1.54, 1.807) is 0 Å². The molecule has 2 atom stereocenters. The Morgan fingerprint density at radius 3 is 2.33 bits per heavy atom. The SMILES string of the molecule is Brc1ccc(C(Cc2ccccc2)[NH2+]C2C[NH+]3CCC2CC3)cc1. The summed E-state index contributed by atoms with van der Waals surface area (Å²) in [5.41, 5.74) is 2.89. The predicted molar refractivity (Wildman–Crippen MR) is 101 cm³/mol. The van der Waals surface area contributed by atoms with Crippen LogP contribution >= 0.6 is 15.9 Å². The normalized spacial score (nSPS) is 27.1. The minimum Gasteiger partial charge on any atom is -0.332 e. The number of halogens is 1. The van der Waals surface area contributed by atoms with Crippen molar-refractivity contribution in [2.75, 3.05) is 19.6 Å². The van der Waals surface area contributed by atoms with E-state index >= 15 is 0 Å². The van der Waals surface area contributed by atoms with E-state index in [2.05, 4.69) is 75.8 Å². The average Bonchev–Trinajstić information content (AvgIpc) is 2.64. The van der Waals surface area contributed by atoms with Crippen LogP contribution in [0.5, 0.6) is 0 Å². The highest BCUT2D eigenvalue weighted by Crippen LogP contribution is 2.21. The molecule has 0 spiro atoms. The van der Waals surface area contributed by atoms with Crippen molar-refractivity contribution in [1.82, 2.24) is 0 Å². The van der Waals surface area contributed by atoms with Crippen LogP contribution in [0, 0.1) is 5.92 Å². The number of nitrogens with one attached hydrogen (secondary N) is 1. The maximum Gasteiger partial charge on any atom is 0.139 e. The van der Waals surface area contributed by atoms with Gasteiger partial charge in [-0.1, -0.05) is 58.4 Å². The quantitative estimate of drug-likeness (QED) is 0.783. The lowest BCUT2D eigenvalue weighted by Gasteiger charge is -2.41. The fourth-order valence-corrected chi connectivity index (χ4v) is 4.84. The Balaban J connectivity index is 1.54. The fraction of sp³-hybridized carbons (Fsp3) is 0.429.